The molecular formula is C9H23Br2CaN3O7. The van der Waals surface area contributed by atoms with Gasteiger partial charge in [-0.05, 0) is 20.8 Å². The van der Waals surface area contributed by atoms with Gasteiger partial charge in [0, 0.05) is 0 Å². The van der Waals surface area contributed by atoms with E-state index in [4.69, 9.17) is 0 Å². The largest absolute Gasteiger partial charge is 2.00 e. The Morgan fingerprint density at radius 1 is 0.682 bits per heavy atom. The van der Waals surface area contributed by atoms with E-state index >= 15 is 0 Å². The van der Waals surface area contributed by atoms with Crippen LogP contribution in [0.3, 0.4) is 0 Å². The molecule has 0 saturated heterocycles. The summed E-state index contributed by atoms with van der Waals surface area (Å²) in [5, 5.41) is 28.6. The molecule has 0 rings (SSSR count). The Balaban J connectivity index is -0.0000000281. The Labute approximate surface area is 179 Å². The van der Waals surface area contributed by atoms with E-state index in [0.717, 1.165) is 0 Å². The first-order chi connectivity index (χ1) is 7.93. The van der Waals surface area contributed by atoms with Crippen LogP contribution < -0.4 is 66.5 Å². The molecule has 0 fully saturated rings. The molecule has 0 bridgehead atoms. The third-order valence-electron chi connectivity index (χ3n) is 1.21. The summed E-state index contributed by atoms with van der Waals surface area (Å²) in [4.78, 5) is 28.6. The van der Waals surface area contributed by atoms with Gasteiger partial charge in [-0.1, -0.05) is 0 Å². The molecule has 0 aliphatic carbocycles. The molecule has 11 N–H and O–H groups in total. The summed E-state index contributed by atoms with van der Waals surface area (Å²) in [5.74, 6) is -3.31. The number of carboxylic acid groups (broad SMARTS) is 3. The Morgan fingerprint density at radius 2 is 0.727 bits per heavy atom. The van der Waals surface area contributed by atoms with Crippen molar-refractivity contribution in [3.63, 3.8) is 0 Å². The van der Waals surface area contributed by atoms with Crippen LogP contribution in [0.25, 0.3) is 0 Å². The molecular weight excluding hydrogens is 462 g/mol. The van der Waals surface area contributed by atoms with Crippen LogP contribution in [0.2, 0.25) is 0 Å². The third kappa shape index (κ3) is 49.9. The Bertz CT molecular complexity index is 239. The van der Waals surface area contributed by atoms with Gasteiger partial charge in [0.05, 0.1) is 17.9 Å². The molecule has 0 aliphatic rings. The van der Waals surface area contributed by atoms with Crippen LogP contribution in [0.4, 0.5) is 0 Å². The fourth-order valence-electron chi connectivity index (χ4n) is 0. The van der Waals surface area contributed by atoms with Crippen LogP contribution in [-0.4, -0.2) is 79.2 Å². The minimum atomic E-state index is -1.10. The first kappa shape index (κ1) is 43.3. The molecule has 0 unspecified atom stereocenters. The van der Waals surface area contributed by atoms with Crippen LogP contribution in [0.15, 0.2) is 0 Å². The van der Waals surface area contributed by atoms with E-state index in [2.05, 4.69) is 17.2 Å². The van der Waals surface area contributed by atoms with Crippen LogP contribution in [0, 0.1) is 0 Å². The molecule has 10 nitrogen and oxygen atoms in total. The summed E-state index contributed by atoms with van der Waals surface area (Å²) in [6.45, 7) is 4.40. The van der Waals surface area contributed by atoms with Gasteiger partial charge < -0.3 is 86.3 Å². The summed E-state index contributed by atoms with van der Waals surface area (Å²) in [5.41, 5.74) is 9.53. The summed E-state index contributed by atoms with van der Waals surface area (Å²) in [7, 11) is 0. The van der Waals surface area contributed by atoms with Crippen LogP contribution in [0.1, 0.15) is 20.8 Å². The fraction of sp³-hybridized carbons (Fsp3) is 0.667. The summed E-state index contributed by atoms with van der Waals surface area (Å²) in [6, 6.07) is -1.78. The topological polar surface area (TPSA) is 235 Å². The second kappa shape index (κ2) is 26.4. The van der Waals surface area contributed by atoms with Crippen molar-refractivity contribution in [3.05, 3.63) is 0 Å². The normalized spacial score (nSPS) is 11.2. The smallest absolute Gasteiger partial charge is 1.00 e. The average Bonchev–Trinajstić information content (AvgIpc) is 2.18. The number of rotatable bonds is 3. The molecule has 0 aromatic heterocycles. The number of hydrogen-bond acceptors (Lipinski definition) is 6. The zero-order valence-electron chi connectivity index (χ0n) is 12.8. The molecule has 132 valence electrons. The quantitative estimate of drug-likeness (QED) is 0.328. The van der Waals surface area contributed by atoms with Crippen molar-refractivity contribution < 1.29 is 86.3 Å². The number of hydrogen-bond donors (Lipinski definition) is 3. The zero-order valence-corrected chi connectivity index (χ0v) is 18.1. The van der Waals surface area contributed by atoms with Gasteiger partial charge >= 0.3 is 37.7 Å². The molecule has 0 spiro atoms. The van der Waals surface area contributed by atoms with Gasteiger partial charge in [0.1, 0.15) is 18.1 Å². The number of carboxylic acids is 3. The van der Waals surface area contributed by atoms with E-state index in [9.17, 15) is 29.7 Å². The van der Waals surface area contributed by atoms with Gasteiger partial charge in [0.15, 0.2) is 0 Å². The molecule has 0 heterocycles. The molecule has 0 aromatic carbocycles. The van der Waals surface area contributed by atoms with E-state index < -0.39 is 36.0 Å². The van der Waals surface area contributed by atoms with Crippen molar-refractivity contribution >= 4 is 55.6 Å². The van der Waals surface area contributed by atoms with Crippen molar-refractivity contribution in [2.45, 2.75) is 38.9 Å². The van der Waals surface area contributed by atoms with E-state index in [1.165, 1.54) is 20.8 Å². The molecule has 0 radical (unpaired) electrons. The maximum Gasteiger partial charge on any atom is 2.00 e. The number of carbonyl (C=O) groups is 3. The summed E-state index contributed by atoms with van der Waals surface area (Å²) < 4.78 is 0. The molecule has 22 heavy (non-hydrogen) atoms. The van der Waals surface area contributed by atoms with Gasteiger partial charge in [-0.3, -0.25) is 0 Å². The molecule has 0 aromatic rings. The molecule has 13 heteroatoms. The first-order valence-electron chi connectivity index (χ1n) is 5.05. The van der Waals surface area contributed by atoms with E-state index in [0.29, 0.717) is 0 Å². The monoisotopic (exact) mass is 483 g/mol. The van der Waals surface area contributed by atoms with Crippen molar-refractivity contribution in [2.75, 3.05) is 0 Å². The van der Waals surface area contributed by atoms with Gasteiger partial charge in [0.2, 0.25) is 0 Å². The summed E-state index contributed by atoms with van der Waals surface area (Å²) in [6.07, 6.45) is 0. The van der Waals surface area contributed by atoms with E-state index in [1.807, 2.05) is 0 Å². The molecule has 3 atom stereocenters. The van der Waals surface area contributed by atoms with Crippen LogP contribution in [0.5, 0.6) is 0 Å². The number of halogens is 2. The average molecular weight is 485 g/mol. The minimum Gasteiger partial charge on any atom is -1.00 e. The SMILES string of the molecule is C[C@H]([NH3+])C(=O)[O-].C[C@H]([NH3+])C(=O)[O-].C[C@H]([NH3+])C(=O)[O-].O.[Br-].[Br-].[Ca+2]. The second-order valence-corrected chi connectivity index (χ2v) is 3.66. The molecule has 0 amide bonds. The Hall–Kier alpha value is 0.470. The number of aliphatic carboxylic acids is 3. The fourth-order valence-corrected chi connectivity index (χ4v) is 0. The van der Waals surface area contributed by atoms with Crippen molar-refractivity contribution in [1.82, 2.24) is 0 Å². The Morgan fingerprint density at radius 3 is 0.727 bits per heavy atom. The molecule has 0 aliphatic heterocycles. The predicted octanol–water partition coefficient (Wildman–Crippen LogP) is -15.1. The maximum absolute atomic E-state index is 9.53. The van der Waals surface area contributed by atoms with Gasteiger partial charge in [0.25, 0.3) is 0 Å². The first-order valence-corrected chi connectivity index (χ1v) is 5.05. The van der Waals surface area contributed by atoms with Gasteiger partial charge in [-0.25, -0.2) is 0 Å². The third-order valence-corrected chi connectivity index (χ3v) is 1.21. The molecule has 0 saturated carbocycles. The standard InChI is InChI=1S/3C3H7NO2.2BrH.Ca.H2O/c3*1-2(4)3(5)6;;;;/h3*2H,4H2,1H3,(H,5,6);2*1H;;1H2/q;;;;;+2;/p-2/t3*2-;;;;/m000..../s1. The minimum absolute atomic E-state index is 0. The van der Waals surface area contributed by atoms with Crippen LogP contribution >= 0.6 is 0 Å². The van der Waals surface area contributed by atoms with E-state index in [-0.39, 0.29) is 77.2 Å². The van der Waals surface area contributed by atoms with Crippen molar-refractivity contribution in [1.29, 1.82) is 0 Å². The van der Waals surface area contributed by atoms with Gasteiger partial charge in [-0.2, -0.15) is 0 Å². The van der Waals surface area contributed by atoms with Crippen LogP contribution in [-0.2, 0) is 14.4 Å². The maximum atomic E-state index is 9.53. The van der Waals surface area contributed by atoms with Gasteiger partial charge in [-0.15, -0.1) is 0 Å². The Kier molecular flexibility index (Phi) is 51.9. The second-order valence-electron chi connectivity index (χ2n) is 3.66. The summed E-state index contributed by atoms with van der Waals surface area (Å²) >= 11 is 0. The van der Waals surface area contributed by atoms with Crippen molar-refractivity contribution in [3.8, 4) is 0 Å². The van der Waals surface area contributed by atoms with Crippen molar-refractivity contribution in [2.24, 2.45) is 0 Å². The number of carbonyl (C=O) groups excluding carboxylic acids is 3. The predicted molar refractivity (Wildman–Crippen MR) is 61.4 cm³/mol. The number of quaternary nitrogens is 3. The zero-order chi connectivity index (χ0) is 15.5. The van der Waals surface area contributed by atoms with E-state index in [1.54, 1.807) is 0 Å².